The van der Waals surface area contributed by atoms with Gasteiger partial charge in [0.1, 0.15) is 6.61 Å². The molecule has 0 unspecified atom stereocenters. The minimum atomic E-state index is -4.66. The number of hydrogen-bond donors (Lipinski definition) is 1. The molecule has 0 radical (unpaired) electrons. The quantitative estimate of drug-likeness (QED) is 0.313. The van der Waals surface area contributed by atoms with Gasteiger partial charge in [0.2, 0.25) is 0 Å². The molecule has 0 saturated carbocycles. The van der Waals surface area contributed by atoms with Gasteiger partial charge in [-0.1, -0.05) is 6.07 Å². The minimum absolute atomic E-state index is 0.0591. The second-order valence-electron chi connectivity index (χ2n) is 8.28. The Hall–Kier alpha value is -3.32. The highest BCUT2D eigenvalue weighted by Gasteiger charge is 2.36. The number of hydrogen-bond acceptors (Lipinski definition) is 6. The van der Waals surface area contributed by atoms with E-state index in [1.807, 2.05) is 23.9 Å². The van der Waals surface area contributed by atoms with E-state index >= 15 is 0 Å². The van der Waals surface area contributed by atoms with Gasteiger partial charge >= 0.3 is 11.9 Å². The van der Waals surface area contributed by atoms with Crippen molar-refractivity contribution in [2.24, 2.45) is 0 Å². The van der Waals surface area contributed by atoms with Gasteiger partial charge in [-0.3, -0.25) is 19.8 Å². The smallest absolute Gasteiger partial charge is 0.416 e. The van der Waals surface area contributed by atoms with E-state index in [1.165, 1.54) is 12.1 Å². The van der Waals surface area contributed by atoms with Crippen molar-refractivity contribution in [3.63, 3.8) is 0 Å². The summed E-state index contributed by atoms with van der Waals surface area (Å²) in [5, 5.41) is 13.5. The Morgan fingerprint density at radius 3 is 2.49 bits per heavy atom. The first-order chi connectivity index (χ1) is 16.3. The lowest BCUT2D eigenvalue weighted by Crippen LogP contribution is -2.56. The zero-order chi connectivity index (χ0) is 25.9. The first-order valence-corrected chi connectivity index (χ1v) is 10.4. The van der Waals surface area contributed by atoms with Crippen LogP contribution in [0.5, 0.6) is 5.75 Å². The molecule has 3 rings (SSSR count). The molecule has 0 bridgehead atoms. The predicted octanol–water partition coefficient (Wildman–Crippen LogP) is 4.26. The number of likely N-dealkylation sites (N-methyl/N-ethyl adjacent to an activating group) is 1. The topological polar surface area (TPSA) is 88.0 Å². The number of benzene rings is 2. The van der Waals surface area contributed by atoms with E-state index in [9.17, 15) is 36.9 Å². The van der Waals surface area contributed by atoms with Crippen LogP contribution in [0.4, 0.5) is 33.3 Å². The number of alkyl halides is 5. The van der Waals surface area contributed by atoms with Crippen molar-refractivity contribution < 1.29 is 36.4 Å². The van der Waals surface area contributed by atoms with Gasteiger partial charge in [0.05, 0.1) is 10.5 Å². The Morgan fingerprint density at radius 2 is 1.91 bits per heavy atom. The number of nitrogens with zero attached hydrogens (tertiary/aromatic N) is 3. The molecule has 8 nitrogen and oxygen atoms in total. The summed E-state index contributed by atoms with van der Waals surface area (Å²) in [6.45, 7) is 0.295. The van der Waals surface area contributed by atoms with Crippen molar-refractivity contribution in [2.75, 3.05) is 39.1 Å². The Labute approximate surface area is 197 Å². The normalized spacial score (nSPS) is 14.8. The van der Waals surface area contributed by atoms with Crippen LogP contribution in [0.15, 0.2) is 36.4 Å². The monoisotopic (exact) mass is 502 g/mol. The number of halogens is 5. The molecule has 0 aromatic heterocycles. The summed E-state index contributed by atoms with van der Waals surface area (Å²) in [4.78, 5) is 26.8. The van der Waals surface area contributed by atoms with Crippen LogP contribution < -0.4 is 10.1 Å². The summed E-state index contributed by atoms with van der Waals surface area (Å²) in [5.74, 6) is -1.37. The molecule has 2 aromatic carbocycles. The van der Waals surface area contributed by atoms with E-state index in [0.717, 1.165) is 24.3 Å². The number of nitro benzene ring substituents is 1. The lowest BCUT2D eigenvalue weighted by Gasteiger charge is -2.43. The fourth-order valence-electron chi connectivity index (χ4n) is 3.57. The third kappa shape index (κ3) is 6.63. The van der Waals surface area contributed by atoms with Crippen LogP contribution in [0, 0.1) is 10.1 Å². The Balaban J connectivity index is 1.77. The number of nitrogens with one attached hydrogen (secondary N) is 1. The molecule has 190 valence electrons. The summed E-state index contributed by atoms with van der Waals surface area (Å²) < 4.78 is 70.5. The van der Waals surface area contributed by atoms with Crippen molar-refractivity contribution in [3.8, 4) is 5.75 Å². The van der Waals surface area contributed by atoms with Gasteiger partial charge < -0.3 is 15.0 Å². The van der Waals surface area contributed by atoms with E-state index in [0.29, 0.717) is 13.1 Å². The standard InChI is InChI=1S/C22H23F5N4O4/c1-29(2)16-10-30(11-16)9-14-3-5-15(8-17(14)22(25,26)27)28-21(32)13-4-6-19(35-12-20(23)24)18(7-13)31(33)34/h3-8,16,20H,9-12H2,1-2H3,(H,28,32). The Kier molecular flexibility index (Phi) is 7.90. The lowest BCUT2D eigenvalue weighted by molar-refractivity contribution is -0.386. The van der Waals surface area contributed by atoms with Crippen molar-refractivity contribution >= 4 is 17.3 Å². The second-order valence-corrected chi connectivity index (χ2v) is 8.28. The average Bonchev–Trinajstić information content (AvgIpc) is 2.73. The van der Waals surface area contributed by atoms with Gasteiger partial charge in [-0.15, -0.1) is 0 Å². The number of likely N-dealkylation sites (tertiary alicyclic amines) is 1. The average molecular weight is 502 g/mol. The van der Waals surface area contributed by atoms with E-state index in [4.69, 9.17) is 0 Å². The molecule has 35 heavy (non-hydrogen) atoms. The van der Waals surface area contributed by atoms with E-state index in [-0.39, 0.29) is 29.4 Å². The van der Waals surface area contributed by atoms with Gasteiger partial charge in [-0.2, -0.15) is 13.2 Å². The maximum atomic E-state index is 13.7. The molecule has 1 N–H and O–H groups in total. The van der Waals surface area contributed by atoms with Crippen LogP contribution in [0.25, 0.3) is 0 Å². The number of carbonyl (C=O) groups excluding carboxylic acids is 1. The number of rotatable bonds is 9. The second kappa shape index (κ2) is 10.5. The molecular weight excluding hydrogens is 479 g/mol. The molecule has 1 heterocycles. The summed E-state index contributed by atoms with van der Waals surface area (Å²) >= 11 is 0. The SMILES string of the molecule is CN(C)C1CN(Cc2ccc(NC(=O)c3ccc(OCC(F)F)c([N+](=O)[O-])c3)cc2C(F)(F)F)C1. The first-order valence-electron chi connectivity index (χ1n) is 10.4. The van der Waals surface area contributed by atoms with Crippen molar-refractivity contribution in [3.05, 3.63) is 63.2 Å². The summed E-state index contributed by atoms with van der Waals surface area (Å²) in [7, 11) is 3.80. The first kappa shape index (κ1) is 26.3. The van der Waals surface area contributed by atoms with Crippen molar-refractivity contribution in [1.29, 1.82) is 0 Å². The molecular formula is C22H23F5N4O4. The Morgan fingerprint density at radius 1 is 1.23 bits per heavy atom. The molecule has 13 heteroatoms. The molecule has 0 spiro atoms. The highest BCUT2D eigenvalue weighted by Crippen LogP contribution is 2.35. The van der Waals surface area contributed by atoms with Crippen LogP contribution in [-0.2, 0) is 12.7 Å². The molecule has 1 amide bonds. The van der Waals surface area contributed by atoms with Crippen LogP contribution in [0.3, 0.4) is 0 Å². The van der Waals surface area contributed by atoms with Gasteiger partial charge in [0.25, 0.3) is 12.3 Å². The third-order valence-electron chi connectivity index (χ3n) is 5.52. The van der Waals surface area contributed by atoms with E-state index < -0.39 is 47.0 Å². The third-order valence-corrected chi connectivity index (χ3v) is 5.52. The fourth-order valence-corrected chi connectivity index (χ4v) is 3.57. The number of carbonyl (C=O) groups is 1. The molecule has 1 saturated heterocycles. The van der Waals surface area contributed by atoms with Crippen molar-refractivity contribution in [1.82, 2.24) is 9.80 Å². The van der Waals surface area contributed by atoms with Crippen LogP contribution in [-0.4, -0.2) is 66.9 Å². The highest BCUT2D eigenvalue weighted by molar-refractivity contribution is 6.04. The molecule has 1 aliphatic rings. The number of anilines is 1. The molecule has 1 aliphatic heterocycles. The molecule has 0 aliphatic carbocycles. The van der Waals surface area contributed by atoms with Gasteiger partial charge in [-0.25, -0.2) is 8.78 Å². The fraction of sp³-hybridized carbons (Fsp3) is 0.409. The van der Waals surface area contributed by atoms with Gasteiger partial charge in [-0.05, 0) is 43.9 Å². The summed E-state index contributed by atoms with van der Waals surface area (Å²) in [6.07, 6.45) is -7.52. The van der Waals surface area contributed by atoms with E-state index in [1.54, 1.807) is 0 Å². The summed E-state index contributed by atoms with van der Waals surface area (Å²) in [6, 6.07) is 6.57. The van der Waals surface area contributed by atoms with Crippen LogP contribution in [0.2, 0.25) is 0 Å². The zero-order valence-electron chi connectivity index (χ0n) is 18.8. The predicted molar refractivity (Wildman–Crippen MR) is 117 cm³/mol. The molecule has 2 aromatic rings. The summed E-state index contributed by atoms with van der Waals surface area (Å²) in [5.41, 5.74) is -1.97. The number of ether oxygens (including phenoxy) is 1. The van der Waals surface area contributed by atoms with E-state index in [2.05, 4.69) is 10.1 Å². The largest absolute Gasteiger partial charge is 0.481 e. The lowest BCUT2D eigenvalue weighted by atomic mass is 10.0. The van der Waals surface area contributed by atoms with Crippen molar-refractivity contribution in [2.45, 2.75) is 25.2 Å². The van der Waals surface area contributed by atoms with Gasteiger partial charge in [0.15, 0.2) is 5.75 Å². The van der Waals surface area contributed by atoms with Crippen LogP contribution >= 0.6 is 0 Å². The molecule has 1 fully saturated rings. The van der Waals surface area contributed by atoms with Crippen LogP contribution in [0.1, 0.15) is 21.5 Å². The maximum absolute atomic E-state index is 13.7. The minimum Gasteiger partial charge on any atom is -0.481 e. The zero-order valence-corrected chi connectivity index (χ0v) is 18.8. The number of nitro groups is 1. The maximum Gasteiger partial charge on any atom is 0.416 e. The molecule has 0 atom stereocenters. The highest BCUT2D eigenvalue weighted by atomic mass is 19.4. The Bertz CT molecular complexity index is 1090. The van der Waals surface area contributed by atoms with Gasteiger partial charge in [0, 0.05) is 43.0 Å². The number of amides is 1.